The van der Waals surface area contributed by atoms with Crippen molar-refractivity contribution in [2.24, 2.45) is 0 Å². The number of carbonyl (C=O) groups excluding carboxylic acids is 2. The smallest absolute Gasteiger partial charge is 0.268 e. The van der Waals surface area contributed by atoms with E-state index in [0.29, 0.717) is 11.3 Å². The first kappa shape index (κ1) is 15.4. The molecule has 116 valence electrons. The van der Waals surface area contributed by atoms with Crippen molar-refractivity contribution in [2.45, 2.75) is 13.3 Å². The van der Waals surface area contributed by atoms with E-state index in [1.165, 1.54) is 24.3 Å². The zero-order valence-electron chi connectivity index (χ0n) is 12.3. The topological polar surface area (TPSA) is 37.4 Å². The number of hydrogen-bond acceptors (Lipinski definition) is 2. The summed E-state index contributed by atoms with van der Waals surface area (Å²) in [5.41, 5.74) is 2.08. The van der Waals surface area contributed by atoms with Crippen molar-refractivity contribution in [3.05, 3.63) is 70.5 Å². The molecule has 0 saturated heterocycles. The molecule has 1 heterocycles. The first-order valence-corrected chi connectivity index (χ1v) is 7.54. The Morgan fingerprint density at radius 1 is 0.957 bits per heavy atom. The van der Waals surface area contributed by atoms with Crippen LogP contribution in [-0.2, 0) is 16.0 Å². The van der Waals surface area contributed by atoms with Crippen molar-refractivity contribution >= 4 is 34.7 Å². The van der Waals surface area contributed by atoms with Gasteiger partial charge < -0.3 is 0 Å². The minimum absolute atomic E-state index is 0.0937. The predicted octanol–water partition coefficient (Wildman–Crippen LogP) is 3.91. The molecule has 5 heteroatoms. The third-order valence-corrected chi connectivity index (χ3v) is 4.11. The number of carbonyl (C=O) groups is 2. The molecule has 1 aliphatic heterocycles. The summed E-state index contributed by atoms with van der Waals surface area (Å²) in [4.78, 5) is 26.0. The van der Waals surface area contributed by atoms with Gasteiger partial charge in [-0.3, -0.25) is 9.59 Å². The van der Waals surface area contributed by atoms with Crippen LogP contribution in [-0.4, -0.2) is 11.8 Å². The van der Waals surface area contributed by atoms with Gasteiger partial charge >= 0.3 is 0 Å². The Morgan fingerprint density at radius 3 is 2.13 bits per heavy atom. The Morgan fingerprint density at radius 2 is 1.57 bits per heavy atom. The summed E-state index contributed by atoms with van der Waals surface area (Å²) < 4.78 is 13.0. The second kappa shape index (κ2) is 5.97. The zero-order valence-corrected chi connectivity index (χ0v) is 13.1. The van der Waals surface area contributed by atoms with Gasteiger partial charge in [-0.1, -0.05) is 42.8 Å². The first-order valence-electron chi connectivity index (χ1n) is 7.16. The lowest BCUT2D eigenvalue weighted by Crippen LogP contribution is -2.31. The summed E-state index contributed by atoms with van der Waals surface area (Å²) in [7, 11) is 0. The van der Waals surface area contributed by atoms with Crippen LogP contribution in [0.3, 0.4) is 0 Å². The van der Waals surface area contributed by atoms with Crippen LogP contribution in [0.15, 0.2) is 53.6 Å². The highest BCUT2D eigenvalue weighted by molar-refractivity contribution is 6.60. The summed E-state index contributed by atoms with van der Waals surface area (Å²) in [5.74, 6) is -1.50. The molecular formula is C18H13ClFNO2. The van der Waals surface area contributed by atoms with Gasteiger partial charge in [-0.2, -0.15) is 0 Å². The molecule has 0 unspecified atom stereocenters. The maximum atomic E-state index is 13.0. The number of amides is 2. The van der Waals surface area contributed by atoms with Gasteiger partial charge in [-0.15, -0.1) is 0 Å². The van der Waals surface area contributed by atoms with Crippen molar-refractivity contribution < 1.29 is 14.0 Å². The average Bonchev–Trinajstić information content (AvgIpc) is 2.78. The lowest BCUT2D eigenvalue weighted by atomic mass is 10.1. The van der Waals surface area contributed by atoms with Crippen molar-refractivity contribution in [1.82, 2.24) is 0 Å². The number of aryl methyl sites for hydroxylation is 1. The van der Waals surface area contributed by atoms with E-state index < -0.39 is 17.6 Å². The normalized spacial score (nSPS) is 14.8. The number of nitrogens with zero attached hydrogens (tertiary/aromatic N) is 1. The fourth-order valence-electron chi connectivity index (χ4n) is 2.48. The maximum absolute atomic E-state index is 13.0. The second-order valence-corrected chi connectivity index (χ2v) is 5.54. The van der Waals surface area contributed by atoms with Gasteiger partial charge in [-0.25, -0.2) is 9.29 Å². The molecule has 0 saturated carbocycles. The number of rotatable bonds is 3. The van der Waals surface area contributed by atoms with Crippen molar-refractivity contribution in [3.8, 4) is 0 Å². The third kappa shape index (κ3) is 2.66. The average molecular weight is 330 g/mol. The van der Waals surface area contributed by atoms with Gasteiger partial charge in [-0.05, 0) is 41.8 Å². The zero-order chi connectivity index (χ0) is 16.6. The highest BCUT2D eigenvalue weighted by Gasteiger charge is 2.39. The highest BCUT2D eigenvalue weighted by Crippen LogP contribution is 2.34. The summed E-state index contributed by atoms with van der Waals surface area (Å²) in [6, 6.07) is 12.5. The SMILES string of the molecule is CCc1ccc(N2C(=O)C(Cl)=C(c3ccc(F)cc3)C2=O)cc1. The molecule has 0 radical (unpaired) electrons. The molecule has 2 aromatic carbocycles. The predicted molar refractivity (Wildman–Crippen MR) is 87.5 cm³/mol. The van der Waals surface area contributed by atoms with Crippen LogP contribution in [0.5, 0.6) is 0 Å². The van der Waals surface area contributed by atoms with Crippen molar-refractivity contribution in [1.29, 1.82) is 0 Å². The van der Waals surface area contributed by atoms with Crippen LogP contribution in [0.4, 0.5) is 10.1 Å². The standard InChI is InChI=1S/C18H13ClFNO2/c1-2-11-3-9-14(10-4-11)21-17(22)15(16(19)18(21)23)12-5-7-13(20)8-6-12/h3-10H,2H2,1H3. The van der Waals surface area contributed by atoms with Crippen LogP contribution in [0.1, 0.15) is 18.1 Å². The van der Waals surface area contributed by atoms with Gasteiger partial charge in [0.05, 0.1) is 11.3 Å². The Balaban J connectivity index is 1.99. The van der Waals surface area contributed by atoms with E-state index >= 15 is 0 Å². The molecule has 0 N–H and O–H groups in total. The number of imide groups is 1. The van der Waals surface area contributed by atoms with E-state index in [1.54, 1.807) is 12.1 Å². The Labute approximate surface area is 138 Å². The molecule has 0 aliphatic carbocycles. The lowest BCUT2D eigenvalue weighted by Gasteiger charge is -2.15. The first-order chi connectivity index (χ1) is 11.0. The molecular weight excluding hydrogens is 317 g/mol. The van der Waals surface area contributed by atoms with E-state index in [4.69, 9.17) is 11.6 Å². The van der Waals surface area contributed by atoms with Gasteiger partial charge in [0.25, 0.3) is 11.8 Å². The summed E-state index contributed by atoms with van der Waals surface area (Å²) in [6.07, 6.45) is 0.863. The van der Waals surface area contributed by atoms with Crippen LogP contribution in [0.2, 0.25) is 0 Å². The number of benzene rings is 2. The van der Waals surface area contributed by atoms with Crippen LogP contribution in [0.25, 0.3) is 5.57 Å². The Hall–Kier alpha value is -2.46. The molecule has 3 nitrogen and oxygen atoms in total. The van der Waals surface area contributed by atoms with Crippen molar-refractivity contribution in [2.75, 3.05) is 4.90 Å². The maximum Gasteiger partial charge on any atom is 0.277 e. The number of anilines is 1. The lowest BCUT2D eigenvalue weighted by molar-refractivity contribution is -0.119. The molecule has 2 amide bonds. The van der Waals surface area contributed by atoms with E-state index in [-0.39, 0.29) is 10.6 Å². The molecule has 0 aromatic heterocycles. The molecule has 2 aromatic rings. The van der Waals surface area contributed by atoms with E-state index in [2.05, 4.69) is 0 Å². The minimum Gasteiger partial charge on any atom is -0.268 e. The summed E-state index contributed by atoms with van der Waals surface area (Å²) in [6.45, 7) is 2.02. The van der Waals surface area contributed by atoms with Crippen LogP contribution in [0, 0.1) is 5.82 Å². The quantitative estimate of drug-likeness (QED) is 0.801. The van der Waals surface area contributed by atoms with Crippen molar-refractivity contribution in [3.63, 3.8) is 0 Å². The highest BCUT2D eigenvalue weighted by atomic mass is 35.5. The molecule has 0 fully saturated rings. The van der Waals surface area contributed by atoms with Gasteiger partial charge in [0.2, 0.25) is 0 Å². The molecule has 1 aliphatic rings. The van der Waals surface area contributed by atoms with Gasteiger partial charge in [0.15, 0.2) is 0 Å². The fraction of sp³-hybridized carbons (Fsp3) is 0.111. The van der Waals surface area contributed by atoms with E-state index in [1.807, 2.05) is 19.1 Å². The minimum atomic E-state index is -0.569. The largest absolute Gasteiger partial charge is 0.277 e. The molecule has 0 atom stereocenters. The van der Waals surface area contributed by atoms with Gasteiger partial charge in [0.1, 0.15) is 10.8 Å². The van der Waals surface area contributed by atoms with E-state index in [9.17, 15) is 14.0 Å². The number of hydrogen-bond donors (Lipinski definition) is 0. The van der Waals surface area contributed by atoms with Crippen LogP contribution >= 0.6 is 11.6 Å². The molecule has 23 heavy (non-hydrogen) atoms. The van der Waals surface area contributed by atoms with Crippen LogP contribution < -0.4 is 4.90 Å². The Bertz CT molecular complexity index is 810. The monoisotopic (exact) mass is 329 g/mol. The third-order valence-electron chi connectivity index (χ3n) is 3.76. The number of halogens is 2. The fourth-order valence-corrected chi connectivity index (χ4v) is 2.76. The summed E-state index contributed by atoms with van der Waals surface area (Å²) >= 11 is 6.07. The molecule has 3 rings (SSSR count). The second-order valence-electron chi connectivity index (χ2n) is 5.16. The van der Waals surface area contributed by atoms with E-state index in [0.717, 1.165) is 16.9 Å². The summed E-state index contributed by atoms with van der Waals surface area (Å²) in [5, 5.41) is -0.152. The molecule has 0 spiro atoms. The Kier molecular flexibility index (Phi) is 4.01. The van der Waals surface area contributed by atoms with Gasteiger partial charge in [0, 0.05) is 0 Å². The molecule has 0 bridgehead atoms.